The van der Waals surface area contributed by atoms with Gasteiger partial charge in [-0.25, -0.2) is 8.42 Å². The Hall–Kier alpha value is -1.15. The Morgan fingerprint density at radius 2 is 1.86 bits per heavy atom. The van der Waals surface area contributed by atoms with Crippen LogP contribution in [0.2, 0.25) is 0 Å². The number of nitrogens with zero attached hydrogens (tertiary/aromatic N) is 1. The summed E-state index contributed by atoms with van der Waals surface area (Å²) in [5.74, 6) is 0.678. The summed E-state index contributed by atoms with van der Waals surface area (Å²) in [7, 11) is -2.03. The van der Waals surface area contributed by atoms with Gasteiger partial charge in [-0.1, -0.05) is 13.3 Å². The number of benzene rings is 1. The second-order valence-electron chi connectivity index (χ2n) is 5.13. The van der Waals surface area contributed by atoms with Crippen LogP contribution in [0.1, 0.15) is 19.8 Å². The summed E-state index contributed by atoms with van der Waals surface area (Å²) in [6.07, 6.45) is 1.55. The molecule has 7 heteroatoms. The Kier molecular flexibility index (Phi) is 6.19. The molecular formula is C15H23NO5S. The summed E-state index contributed by atoms with van der Waals surface area (Å²) in [6, 6.07) is 6.48. The minimum atomic E-state index is -3.55. The predicted octanol–water partition coefficient (Wildman–Crippen LogP) is 1.86. The first-order valence-electron chi connectivity index (χ1n) is 7.46. The monoisotopic (exact) mass is 329 g/mol. The van der Waals surface area contributed by atoms with E-state index in [2.05, 4.69) is 6.92 Å². The van der Waals surface area contributed by atoms with E-state index in [1.54, 1.807) is 24.3 Å². The number of hydrogen-bond acceptors (Lipinski definition) is 5. The molecule has 0 bridgehead atoms. The zero-order valence-electron chi connectivity index (χ0n) is 13.0. The first kappa shape index (κ1) is 17.2. The average molecular weight is 329 g/mol. The van der Waals surface area contributed by atoms with Crippen LogP contribution >= 0.6 is 0 Å². The van der Waals surface area contributed by atoms with Gasteiger partial charge in [-0.2, -0.15) is 4.31 Å². The number of ether oxygens (including phenoxy) is 3. The first-order chi connectivity index (χ1) is 10.5. The van der Waals surface area contributed by atoms with E-state index in [1.807, 2.05) is 0 Å². The second kappa shape index (κ2) is 7.92. The second-order valence-corrected chi connectivity index (χ2v) is 7.17. The third-order valence-electron chi connectivity index (χ3n) is 3.40. The fourth-order valence-electron chi connectivity index (χ4n) is 2.04. The van der Waals surface area contributed by atoms with E-state index in [1.165, 1.54) is 11.4 Å². The van der Waals surface area contributed by atoms with Gasteiger partial charge in [-0.3, -0.25) is 0 Å². The van der Waals surface area contributed by atoms with Crippen LogP contribution in [-0.2, 0) is 19.5 Å². The highest BCUT2D eigenvalue weighted by Crippen LogP contribution is 2.20. The molecular weight excluding hydrogens is 306 g/mol. The lowest BCUT2D eigenvalue weighted by Crippen LogP contribution is -2.34. The Morgan fingerprint density at radius 1 is 1.23 bits per heavy atom. The minimum absolute atomic E-state index is 0.178. The smallest absolute Gasteiger partial charge is 0.242 e. The van der Waals surface area contributed by atoms with Crippen LogP contribution in [0.3, 0.4) is 0 Å². The lowest BCUT2D eigenvalue weighted by Gasteiger charge is -2.20. The third-order valence-corrected chi connectivity index (χ3v) is 5.23. The number of hydrogen-bond donors (Lipinski definition) is 0. The largest absolute Gasteiger partial charge is 0.494 e. The van der Waals surface area contributed by atoms with Crippen LogP contribution in [0.15, 0.2) is 29.2 Å². The molecule has 1 aliphatic rings. The van der Waals surface area contributed by atoms with Crippen molar-refractivity contribution in [1.82, 2.24) is 4.31 Å². The van der Waals surface area contributed by atoms with E-state index in [0.717, 1.165) is 12.8 Å². The molecule has 1 aliphatic heterocycles. The van der Waals surface area contributed by atoms with Crippen LogP contribution in [0.25, 0.3) is 0 Å². The van der Waals surface area contributed by atoms with Crippen LogP contribution in [-0.4, -0.2) is 52.4 Å². The molecule has 1 saturated heterocycles. The third kappa shape index (κ3) is 4.42. The molecule has 1 aromatic rings. The van der Waals surface area contributed by atoms with E-state index in [9.17, 15) is 8.42 Å². The standard InChI is InChI=1S/C15H23NO5S/c1-3-4-9-19-13-5-7-14(8-6-13)22(17,18)16(2)12-15-20-10-11-21-15/h5-8,15H,3-4,9-12H2,1-2H3. The highest BCUT2D eigenvalue weighted by molar-refractivity contribution is 7.89. The van der Waals surface area contributed by atoms with Crippen molar-refractivity contribution < 1.29 is 22.6 Å². The molecule has 0 saturated carbocycles. The lowest BCUT2D eigenvalue weighted by molar-refractivity contribution is -0.0482. The molecule has 1 heterocycles. The van der Waals surface area contributed by atoms with Crippen LogP contribution in [0.5, 0.6) is 5.75 Å². The van der Waals surface area contributed by atoms with Crippen molar-refractivity contribution in [2.75, 3.05) is 33.4 Å². The van der Waals surface area contributed by atoms with Crippen LogP contribution in [0, 0.1) is 0 Å². The molecule has 0 aliphatic carbocycles. The number of unbranched alkanes of at least 4 members (excludes halogenated alkanes) is 1. The molecule has 0 aromatic heterocycles. The van der Waals surface area contributed by atoms with Gasteiger partial charge >= 0.3 is 0 Å². The zero-order chi connectivity index (χ0) is 16.0. The summed E-state index contributed by atoms with van der Waals surface area (Å²) in [5, 5.41) is 0. The molecule has 0 radical (unpaired) electrons. The Balaban J connectivity index is 1.98. The molecule has 0 unspecified atom stereocenters. The molecule has 124 valence electrons. The van der Waals surface area contributed by atoms with Gasteiger partial charge in [0.25, 0.3) is 0 Å². The van der Waals surface area contributed by atoms with Gasteiger partial charge in [0.15, 0.2) is 6.29 Å². The summed E-state index contributed by atoms with van der Waals surface area (Å²) in [6.45, 7) is 3.91. The van der Waals surface area contributed by atoms with Crippen molar-refractivity contribution >= 4 is 10.0 Å². The van der Waals surface area contributed by atoms with Crippen molar-refractivity contribution in [1.29, 1.82) is 0 Å². The summed E-state index contributed by atoms with van der Waals surface area (Å²) < 4.78 is 42.3. The molecule has 0 amide bonds. The molecule has 0 atom stereocenters. The summed E-state index contributed by atoms with van der Waals surface area (Å²) in [5.41, 5.74) is 0. The molecule has 0 N–H and O–H groups in total. The van der Waals surface area contributed by atoms with E-state index >= 15 is 0 Å². The fourth-order valence-corrected chi connectivity index (χ4v) is 3.20. The molecule has 6 nitrogen and oxygen atoms in total. The fraction of sp³-hybridized carbons (Fsp3) is 0.600. The van der Waals surface area contributed by atoms with Crippen LogP contribution in [0.4, 0.5) is 0 Å². The number of rotatable bonds is 8. The predicted molar refractivity (Wildman–Crippen MR) is 82.4 cm³/mol. The first-order valence-corrected chi connectivity index (χ1v) is 8.90. The van der Waals surface area contributed by atoms with Gasteiger partial charge in [-0.15, -0.1) is 0 Å². The van der Waals surface area contributed by atoms with E-state index < -0.39 is 16.3 Å². The van der Waals surface area contributed by atoms with Gasteiger partial charge in [0.1, 0.15) is 5.75 Å². The maximum absolute atomic E-state index is 12.5. The topological polar surface area (TPSA) is 65.1 Å². The number of likely N-dealkylation sites (N-methyl/N-ethyl adjacent to an activating group) is 1. The van der Waals surface area contributed by atoms with E-state index in [-0.39, 0.29) is 11.4 Å². The summed E-state index contributed by atoms with van der Waals surface area (Å²) >= 11 is 0. The van der Waals surface area contributed by atoms with Crippen molar-refractivity contribution in [3.05, 3.63) is 24.3 Å². The molecule has 2 rings (SSSR count). The lowest BCUT2D eigenvalue weighted by atomic mass is 10.3. The summed E-state index contributed by atoms with van der Waals surface area (Å²) in [4.78, 5) is 0.232. The Morgan fingerprint density at radius 3 is 2.45 bits per heavy atom. The maximum Gasteiger partial charge on any atom is 0.242 e. The highest BCUT2D eigenvalue weighted by atomic mass is 32.2. The quantitative estimate of drug-likeness (QED) is 0.681. The Labute approximate surface area is 132 Å². The normalized spacial score (nSPS) is 16.3. The number of sulfonamides is 1. The van der Waals surface area contributed by atoms with Gasteiger partial charge < -0.3 is 14.2 Å². The molecule has 1 aromatic carbocycles. The molecule has 1 fully saturated rings. The minimum Gasteiger partial charge on any atom is -0.494 e. The molecule has 0 spiro atoms. The van der Waals surface area contributed by atoms with Gasteiger partial charge in [0, 0.05) is 7.05 Å². The maximum atomic E-state index is 12.5. The van der Waals surface area contributed by atoms with Gasteiger partial charge in [0.2, 0.25) is 10.0 Å². The average Bonchev–Trinajstić information content (AvgIpc) is 3.01. The Bertz CT molecular complexity index is 552. The zero-order valence-corrected chi connectivity index (χ0v) is 13.8. The SMILES string of the molecule is CCCCOc1ccc(S(=O)(=O)N(C)CC2OCCO2)cc1. The van der Waals surface area contributed by atoms with Crippen molar-refractivity contribution in [3.8, 4) is 5.75 Å². The van der Waals surface area contributed by atoms with E-state index in [0.29, 0.717) is 25.6 Å². The van der Waals surface area contributed by atoms with Crippen molar-refractivity contribution in [2.24, 2.45) is 0 Å². The van der Waals surface area contributed by atoms with Crippen molar-refractivity contribution in [3.63, 3.8) is 0 Å². The highest BCUT2D eigenvalue weighted by Gasteiger charge is 2.26. The van der Waals surface area contributed by atoms with Gasteiger partial charge in [0.05, 0.1) is 31.3 Å². The van der Waals surface area contributed by atoms with E-state index in [4.69, 9.17) is 14.2 Å². The van der Waals surface area contributed by atoms with Crippen molar-refractivity contribution in [2.45, 2.75) is 31.0 Å². The van der Waals surface area contributed by atoms with Gasteiger partial charge in [-0.05, 0) is 30.7 Å². The van der Waals surface area contributed by atoms with Crippen LogP contribution < -0.4 is 4.74 Å². The molecule has 22 heavy (non-hydrogen) atoms.